The van der Waals surface area contributed by atoms with Crippen molar-refractivity contribution < 1.29 is 4.42 Å². The van der Waals surface area contributed by atoms with E-state index in [0.29, 0.717) is 0 Å². The van der Waals surface area contributed by atoms with E-state index in [1.54, 1.807) is 0 Å². The Kier molecular flexibility index (Phi) is 3.21. The molecule has 124 valence electrons. The van der Waals surface area contributed by atoms with E-state index in [0.717, 1.165) is 52.5 Å². The Morgan fingerprint density at radius 3 is 2.36 bits per heavy atom. The van der Waals surface area contributed by atoms with E-state index in [1.807, 2.05) is 24.4 Å². The smallest absolute Gasteiger partial charge is 0.161 e. The zero-order valence-electron chi connectivity index (χ0n) is 14.6. The highest BCUT2D eigenvalue weighted by atomic mass is 16.3. The summed E-state index contributed by atoms with van der Waals surface area (Å²) >= 11 is 0. The van der Waals surface area contributed by atoms with Crippen LogP contribution in [0, 0.1) is 11.8 Å². The van der Waals surface area contributed by atoms with Crippen molar-refractivity contribution in [1.29, 1.82) is 0 Å². The first-order valence-electron chi connectivity index (χ1n) is 9.09. The van der Waals surface area contributed by atoms with Crippen molar-refractivity contribution in [3.8, 4) is 11.3 Å². The summed E-state index contributed by atoms with van der Waals surface area (Å²) in [6, 6.07) is 17.0. The molecule has 2 heteroatoms. The molecular formula is C23H21NO. The zero-order valence-corrected chi connectivity index (χ0v) is 14.6. The van der Waals surface area contributed by atoms with Crippen molar-refractivity contribution in [2.75, 3.05) is 0 Å². The number of pyridine rings is 1. The molecule has 2 unspecified atom stereocenters. The molecule has 1 aliphatic carbocycles. The minimum atomic E-state index is 0.732. The molecule has 2 aromatic heterocycles. The molecule has 4 aromatic rings. The van der Waals surface area contributed by atoms with Gasteiger partial charge in [0.25, 0.3) is 0 Å². The molecule has 0 N–H and O–H groups in total. The Morgan fingerprint density at radius 2 is 1.60 bits per heavy atom. The average Bonchev–Trinajstić information content (AvgIpc) is 2.99. The Balaban J connectivity index is 1.77. The second-order valence-corrected chi connectivity index (χ2v) is 7.48. The Labute approximate surface area is 147 Å². The van der Waals surface area contributed by atoms with Crippen molar-refractivity contribution >= 4 is 21.9 Å². The normalized spacial score (nSPS) is 20.1. The van der Waals surface area contributed by atoms with Gasteiger partial charge in [0.1, 0.15) is 11.3 Å². The summed E-state index contributed by atoms with van der Waals surface area (Å²) in [6.07, 6.45) is 4.20. The number of furan rings is 1. The predicted octanol–water partition coefficient (Wildman–Crippen LogP) is 6.02. The highest BCUT2D eigenvalue weighted by molar-refractivity contribution is 6.09. The molecule has 0 bridgehead atoms. The first kappa shape index (κ1) is 14.7. The first-order valence-corrected chi connectivity index (χ1v) is 9.09. The third kappa shape index (κ3) is 2.28. The summed E-state index contributed by atoms with van der Waals surface area (Å²) in [5.41, 5.74) is 6.84. The third-order valence-corrected chi connectivity index (χ3v) is 5.81. The molecule has 0 fully saturated rings. The van der Waals surface area contributed by atoms with Gasteiger partial charge in [-0.2, -0.15) is 0 Å². The van der Waals surface area contributed by atoms with Crippen LogP contribution >= 0.6 is 0 Å². The van der Waals surface area contributed by atoms with Gasteiger partial charge in [0, 0.05) is 22.5 Å². The van der Waals surface area contributed by atoms with Crippen molar-refractivity contribution in [2.45, 2.75) is 26.7 Å². The van der Waals surface area contributed by atoms with E-state index >= 15 is 0 Å². The lowest BCUT2D eigenvalue weighted by Crippen LogP contribution is -2.20. The molecule has 5 rings (SSSR count). The summed E-state index contributed by atoms with van der Waals surface area (Å²) in [4.78, 5) is 4.60. The zero-order chi connectivity index (χ0) is 17.0. The molecule has 0 saturated carbocycles. The van der Waals surface area contributed by atoms with Gasteiger partial charge in [0.05, 0.1) is 0 Å². The van der Waals surface area contributed by atoms with Gasteiger partial charge in [-0.05, 0) is 54.0 Å². The Hall–Kier alpha value is -2.61. The molecule has 0 radical (unpaired) electrons. The summed E-state index contributed by atoms with van der Waals surface area (Å²) in [5, 5.41) is 2.38. The SMILES string of the molecule is CC1Cc2cc3oc4c(-c5ccccc5)nccc4c3cc2CC1C. The summed E-state index contributed by atoms with van der Waals surface area (Å²) in [7, 11) is 0. The molecule has 0 aliphatic heterocycles. The average molecular weight is 327 g/mol. The van der Waals surface area contributed by atoms with Crippen LogP contribution in [-0.4, -0.2) is 4.98 Å². The fourth-order valence-corrected chi connectivity index (χ4v) is 4.11. The molecule has 25 heavy (non-hydrogen) atoms. The minimum Gasteiger partial charge on any atom is -0.454 e. The maximum Gasteiger partial charge on any atom is 0.161 e. The standard InChI is InChI=1S/C23H21NO/c1-14-10-17-12-20-19-8-9-24-22(16-6-4-3-5-7-16)23(19)25-21(20)13-18(17)11-15(14)2/h3-9,12-15H,10-11H2,1-2H3. The lowest BCUT2D eigenvalue weighted by atomic mass is 9.77. The lowest BCUT2D eigenvalue weighted by molar-refractivity contribution is 0.361. The van der Waals surface area contributed by atoms with Gasteiger partial charge in [-0.1, -0.05) is 44.2 Å². The van der Waals surface area contributed by atoms with Crippen LogP contribution in [0.3, 0.4) is 0 Å². The third-order valence-electron chi connectivity index (χ3n) is 5.81. The fraction of sp³-hybridized carbons (Fsp3) is 0.261. The molecule has 2 aromatic carbocycles. The topological polar surface area (TPSA) is 26.0 Å². The fourth-order valence-electron chi connectivity index (χ4n) is 4.11. The van der Waals surface area contributed by atoms with Crippen molar-refractivity contribution in [2.24, 2.45) is 11.8 Å². The van der Waals surface area contributed by atoms with Crippen LogP contribution in [0.25, 0.3) is 33.2 Å². The lowest BCUT2D eigenvalue weighted by Gasteiger charge is -2.27. The number of nitrogens with zero attached hydrogens (tertiary/aromatic N) is 1. The summed E-state index contributed by atoms with van der Waals surface area (Å²) < 4.78 is 6.30. The van der Waals surface area contributed by atoms with E-state index < -0.39 is 0 Å². The van der Waals surface area contributed by atoms with Crippen LogP contribution in [0.2, 0.25) is 0 Å². The largest absolute Gasteiger partial charge is 0.454 e. The minimum absolute atomic E-state index is 0.732. The van der Waals surface area contributed by atoms with Gasteiger partial charge in [-0.15, -0.1) is 0 Å². The van der Waals surface area contributed by atoms with Gasteiger partial charge < -0.3 is 4.42 Å². The second kappa shape index (κ2) is 5.45. The molecule has 0 saturated heterocycles. The van der Waals surface area contributed by atoms with Crippen LogP contribution < -0.4 is 0 Å². The Morgan fingerprint density at radius 1 is 0.880 bits per heavy atom. The van der Waals surface area contributed by atoms with Gasteiger partial charge in [-0.3, -0.25) is 4.98 Å². The quantitative estimate of drug-likeness (QED) is 0.427. The van der Waals surface area contributed by atoms with Gasteiger partial charge in [0.15, 0.2) is 5.58 Å². The highest BCUT2D eigenvalue weighted by Crippen LogP contribution is 2.38. The maximum atomic E-state index is 6.30. The number of hydrogen-bond acceptors (Lipinski definition) is 2. The number of hydrogen-bond donors (Lipinski definition) is 0. The number of fused-ring (bicyclic) bond motifs is 4. The van der Waals surface area contributed by atoms with Crippen LogP contribution in [0.15, 0.2) is 59.1 Å². The monoisotopic (exact) mass is 327 g/mol. The molecule has 1 aliphatic rings. The van der Waals surface area contributed by atoms with Gasteiger partial charge in [-0.25, -0.2) is 0 Å². The van der Waals surface area contributed by atoms with E-state index in [4.69, 9.17) is 4.42 Å². The number of aromatic nitrogens is 1. The summed E-state index contributed by atoms with van der Waals surface area (Å²) in [5.74, 6) is 1.47. The van der Waals surface area contributed by atoms with E-state index in [-0.39, 0.29) is 0 Å². The summed E-state index contributed by atoms with van der Waals surface area (Å²) in [6.45, 7) is 4.72. The molecule has 2 nitrogen and oxygen atoms in total. The molecule has 0 spiro atoms. The number of benzene rings is 2. The van der Waals surface area contributed by atoms with Crippen LogP contribution in [-0.2, 0) is 12.8 Å². The molecule has 2 heterocycles. The van der Waals surface area contributed by atoms with Crippen molar-refractivity contribution in [3.05, 3.63) is 65.9 Å². The molecule has 0 amide bonds. The maximum absolute atomic E-state index is 6.30. The van der Waals surface area contributed by atoms with E-state index in [9.17, 15) is 0 Å². The van der Waals surface area contributed by atoms with Crippen molar-refractivity contribution in [3.63, 3.8) is 0 Å². The predicted molar refractivity (Wildman–Crippen MR) is 103 cm³/mol. The Bertz CT molecular complexity index is 1080. The second-order valence-electron chi connectivity index (χ2n) is 7.48. The van der Waals surface area contributed by atoms with Gasteiger partial charge >= 0.3 is 0 Å². The first-order chi connectivity index (χ1) is 12.2. The van der Waals surface area contributed by atoms with E-state index in [1.165, 1.54) is 16.5 Å². The van der Waals surface area contributed by atoms with E-state index in [2.05, 4.69) is 49.2 Å². The van der Waals surface area contributed by atoms with Crippen LogP contribution in [0.4, 0.5) is 0 Å². The van der Waals surface area contributed by atoms with Crippen LogP contribution in [0.5, 0.6) is 0 Å². The van der Waals surface area contributed by atoms with Crippen LogP contribution in [0.1, 0.15) is 25.0 Å². The molecular weight excluding hydrogens is 306 g/mol. The number of rotatable bonds is 1. The van der Waals surface area contributed by atoms with Crippen molar-refractivity contribution in [1.82, 2.24) is 4.98 Å². The van der Waals surface area contributed by atoms with Gasteiger partial charge in [0.2, 0.25) is 0 Å². The molecule has 2 atom stereocenters. The highest BCUT2D eigenvalue weighted by Gasteiger charge is 2.24.